The Morgan fingerprint density at radius 2 is 1.96 bits per heavy atom. The summed E-state index contributed by atoms with van der Waals surface area (Å²) >= 11 is 0. The minimum atomic E-state index is -1.65. The summed E-state index contributed by atoms with van der Waals surface area (Å²) in [6.07, 6.45) is 3.70. The number of nitriles is 3. The summed E-state index contributed by atoms with van der Waals surface area (Å²) in [5.74, 6) is -0.342. The molecular formula is C21H20N4O. The van der Waals surface area contributed by atoms with Crippen molar-refractivity contribution in [2.75, 3.05) is 7.11 Å². The highest BCUT2D eigenvalue weighted by Crippen LogP contribution is 2.56. The zero-order valence-corrected chi connectivity index (χ0v) is 14.9. The predicted molar refractivity (Wildman–Crippen MR) is 96.2 cm³/mol. The number of methoxy groups -OCH3 is 1. The van der Waals surface area contributed by atoms with Crippen molar-refractivity contribution in [1.82, 2.24) is 0 Å². The summed E-state index contributed by atoms with van der Waals surface area (Å²) in [4.78, 5) is 0. The van der Waals surface area contributed by atoms with E-state index < -0.39 is 17.3 Å². The molecule has 1 N–H and O–H groups in total. The maximum atomic E-state index is 9.97. The van der Waals surface area contributed by atoms with Crippen molar-refractivity contribution < 1.29 is 4.74 Å². The van der Waals surface area contributed by atoms with Gasteiger partial charge in [0.25, 0.3) is 0 Å². The first-order valence-electron chi connectivity index (χ1n) is 8.67. The minimum absolute atomic E-state index is 0.102. The lowest BCUT2D eigenvalue weighted by atomic mass is 9.52. The fraction of sp³-hybridized carbons (Fsp3) is 0.429. The van der Waals surface area contributed by atoms with Gasteiger partial charge in [-0.3, -0.25) is 0 Å². The maximum Gasteiger partial charge on any atom is 0.189 e. The lowest BCUT2D eigenvalue weighted by Gasteiger charge is -2.46. The van der Waals surface area contributed by atoms with Gasteiger partial charge >= 0.3 is 0 Å². The lowest BCUT2D eigenvalue weighted by Crippen LogP contribution is -2.49. The minimum Gasteiger partial charge on any atom is -0.497 e. The highest BCUT2D eigenvalue weighted by Gasteiger charge is 2.57. The summed E-state index contributed by atoms with van der Waals surface area (Å²) in [5.41, 5.74) is -0.0516. The highest BCUT2D eigenvalue weighted by atomic mass is 16.5. The average molecular weight is 344 g/mol. The number of allylic oxidation sites excluding steroid dienone is 2. The Morgan fingerprint density at radius 3 is 2.58 bits per heavy atom. The zero-order valence-electron chi connectivity index (χ0n) is 14.9. The second-order valence-electron chi connectivity index (χ2n) is 7.15. The van der Waals surface area contributed by atoms with E-state index in [9.17, 15) is 15.8 Å². The lowest BCUT2D eigenvalue weighted by molar-refractivity contribution is 0.283. The predicted octanol–water partition coefficient (Wildman–Crippen LogP) is 3.96. The van der Waals surface area contributed by atoms with Gasteiger partial charge < -0.3 is 10.1 Å². The van der Waals surface area contributed by atoms with Crippen LogP contribution in [0.4, 0.5) is 0 Å². The fourth-order valence-electron chi connectivity index (χ4n) is 4.42. The van der Waals surface area contributed by atoms with Crippen molar-refractivity contribution in [2.24, 2.45) is 23.2 Å². The number of hydrogen-bond donors (Lipinski definition) is 1. The van der Waals surface area contributed by atoms with Crippen LogP contribution in [0.3, 0.4) is 0 Å². The van der Waals surface area contributed by atoms with Gasteiger partial charge in [0.1, 0.15) is 11.7 Å². The molecule has 1 fully saturated rings. The number of hydrogen-bond acceptors (Lipinski definition) is 5. The molecule has 0 amide bonds. The Kier molecular flexibility index (Phi) is 4.54. The van der Waals surface area contributed by atoms with Gasteiger partial charge in [-0.15, -0.1) is 0 Å². The zero-order chi connectivity index (χ0) is 18.9. The molecule has 0 heterocycles. The molecule has 0 radical (unpaired) electrons. The fourth-order valence-corrected chi connectivity index (χ4v) is 4.42. The van der Waals surface area contributed by atoms with Crippen LogP contribution in [0.5, 0.6) is 5.75 Å². The maximum absolute atomic E-state index is 9.97. The van der Waals surface area contributed by atoms with Crippen LogP contribution in [0.25, 0.3) is 0 Å². The quantitative estimate of drug-likeness (QED) is 0.820. The van der Waals surface area contributed by atoms with Crippen molar-refractivity contribution >= 4 is 5.71 Å². The van der Waals surface area contributed by atoms with E-state index >= 15 is 0 Å². The van der Waals surface area contributed by atoms with E-state index in [1.807, 2.05) is 30.3 Å². The monoisotopic (exact) mass is 344 g/mol. The van der Waals surface area contributed by atoms with Crippen LogP contribution in [0.1, 0.15) is 31.2 Å². The molecule has 4 atom stereocenters. The molecule has 26 heavy (non-hydrogen) atoms. The van der Waals surface area contributed by atoms with Gasteiger partial charge in [-0.1, -0.05) is 25.1 Å². The summed E-state index contributed by atoms with van der Waals surface area (Å²) in [6.45, 7) is 2.14. The van der Waals surface area contributed by atoms with Crippen molar-refractivity contribution in [3.63, 3.8) is 0 Å². The summed E-state index contributed by atoms with van der Waals surface area (Å²) in [6, 6.07) is 13.8. The molecule has 0 spiro atoms. The van der Waals surface area contributed by atoms with E-state index in [1.165, 1.54) is 0 Å². The van der Waals surface area contributed by atoms with Crippen molar-refractivity contribution in [3.05, 3.63) is 41.5 Å². The third kappa shape index (κ3) is 2.47. The topological polar surface area (TPSA) is 104 Å². The van der Waals surface area contributed by atoms with E-state index in [4.69, 9.17) is 10.1 Å². The molecule has 0 aliphatic heterocycles. The van der Waals surface area contributed by atoms with Crippen molar-refractivity contribution in [1.29, 1.82) is 21.2 Å². The molecule has 1 aromatic rings. The summed E-state index contributed by atoms with van der Waals surface area (Å²) < 4.78 is 5.32. The van der Waals surface area contributed by atoms with Gasteiger partial charge in [-0.2, -0.15) is 15.8 Å². The molecule has 5 heteroatoms. The number of benzene rings is 1. The van der Waals surface area contributed by atoms with Gasteiger partial charge in [-0.25, -0.2) is 0 Å². The molecule has 2 aliphatic carbocycles. The van der Waals surface area contributed by atoms with Crippen LogP contribution in [-0.4, -0.2) is 12.8 Å². The molecule has 1 unspecified atom stereocenters. The standard InChI is InChI=1S/C21H20N4O/c1-13-6-7-16-17(8-13)19(14-4-3-5-15(9-14)26-2)21(11-23,12-24)20(25)18(16)10-22/h3-5,7,9,13,17-19,25H,6,8H2,1-2H3/t13-,17-,18?,19+/m1/s1. The number of ether oxygens (including phenoxy) is 1. The molecule has 1 aromatic carbocycles. The van der Waals surface area contributed by atoms with E-state index in [2.05, 4.69) is 25.1 Å². The molecule has 1 saturated carbocycles. The van der Waals surface area contributed by atoms with E-state index in [-0.39, 0.29) is 11.6 Å². The molecule has 130 valence electrons. The largest absolute Gasteiger partial charge is 0.497 e. The summed E-state index contributed by atoms with van der Waals surface area (Å²) in [7, 11) is 1.57. The smallest absolute Gasteiger partial charge is 0.189 e. The molecular weight excluding hydrogens is 324 g/mol. The van der Waals surface area contributed by atoms with Crippen LogP contribution < -0.4 is 4.74 Å². The summed E-state index contributed by atoms with van der Waals surface area (Å²) in [5, 5.41) is 38.2. The Bertz CT molecular complexity index is 882. The van der Waals surface area contributed by atoms with E-state index in [0.29, 0.717) is 11.7 Å². The van der Waals surface area contributed by atoms with Gasteiger partial charge in [0.15, 0.2) is 5.41 Å². The SMILES string of the molecule is COc1cccc([C@H]2[C@@H]3C[C@H](C)CC=C3C(C#N)C(=N)C2(C#N)C#N)c1. The highest BCUT2D eigenvalue weighted by molar-refractivity contribution is 6.00. The normalized spacial score (nSPS) is 29.3. The Hall–Kier alpha value is -3.10. The van der Waals surface area contributed by atoms with E-state index in [0.717, 1.165) is 24.0 Å². The molecule has 0 aromatic heterocycles. The van der Waals surface area contributed by atoms with Crippen LogP contribution in [0.15, 0.2) is 35.9 Å². The van der Waals surface area contributed by atoms with Crippen molar-refractivity contribution in [2.45, 2.75) is 25.7 Å². The van der Waals surface area contributed by atoms with Gasteiger partial charge in [0, 0.05) is 5.92 Å². The second-order valence-corrected chi connectivity index (χ2v) is 7.15. The molecule has 5 nitrogen and oxygen atoms in total. The van der Waals surface area contributed by atoms with Gasteiger partial charge in [0.2, 0.25) is 0 Å². The van der Waals surface area contributed by atoms with Gasteiger partial charge in [0.05, 0.1) is 31.0 Å². The second kappa shape index (κ2) is 6.66. The Labute approximate surface area is 153 Å². The van der Waals surface area contributed by atoms with Gasteiger partial charge in [-0.05, 0) is 47.9 Å². The van der Waals surface area contributed by atoms with Crippen molar-refractivity contribution in [3.8, 4) is 24.0 Å². The third-order valence-electron chi connectivity index (χ3n) is 5.69. The first kappa shape index (κ1) is 17.7. The Morgan fingerprint density at radius 1 is 1.23 bits per heavy atom. The van der Waals surface area contributed by atoms with E-state index in [1.54, 1.807) is 7.11 Å². The van der Waals surface area contributed by atoms with Crippen LogP contribution in [-0.2, 0) is 0 Å². The van der Waals surface area contributed by atoms with Crippen LogP contribution in [0, 0.1) is 62.6 Å². The van der Waals surface area contributed by atoms with Crippen LogP contribution >= 0.6 is 0 Å². The first-order valence-corrected chi connectivity index (χ1v) is 8.67. The molecule has 3 rings (SSSR count). The number of rotatable bonds is 2. The number of nitrogens with one attached hydrogen (secondary N) is 1. The first-order chi connectivity index (χ1) is 12.5. The van der Waals surface area contributed by atoms with Crippen LogP contribution in [0.2, 0.25) is 0 Å². The molecule has 0 bridgehead atoms. The third-order valence-corrected chi connectivity index (χ3v) is 5.69. The number of fused-ring (bicyclic) bond motifs is 1. The Balaban J connectivity index is 2.26. The molecule has 2 aliphatic rings. The average Bonchev–Trinajstić information content (AvgIpc) is 2.67. The number of nitrogens with zero attached hydrogens (tertiary/aromatic N) is 3. The molecule has 0 saturated heterocycles.